The van der Waals surface area contributed by atoms with E-state index in [-0.39, 0.29) is 11.9 Å². The van der Waals surface area contributed by atoms with Gasteiger partial charge in [0.25, 0.3) is 0 Å². The summed E-state index contributed by atoms with van der Waals surface area (Å²) in [5.41, 5.74) is 1.00. The first-order valence-corrected chi connectivity index (χ1v) is 8.04. The largest absolute Gasteiger partial charge is 0.467 e. The summed E-state index contributed by atoms with van der Waals surface area (Å²) in [5, 5.41) is 2.22. The Kier molecular flexibility index (Phi) is 4.60. The average molecular weight is 311 g/mol. The summed E-state index contributed by atoms with van der Waals surface area (Å²) in [6.07, 6.45) is 2.90. The number of carbonyl (C=O) groups excluding carboxylic acids is 2. The van der Waals surface area contributed by atoms with E-state index in [1.165, 1.54) is 7.11 Å². The molecule has 0 aromatic heterocycles. The Hall–Kier alpha value is -2.36. The second-order valence-corrected chi connectivity index (χ2v) is 5.94. The number of amides is 1. The Morgan fingerprint density at radius 1 is 1.13 bits per heavy atom. The molecule has 1 heterocycles. The van der Waals surface area contributed by atoms with Crippen molar-refractivity contribution < 1.29 is 14.3 Å². The molecule has 1 atom stereocenters. The first-order valence-electron chi connectivity index (χ1n) is 8.04. The van der Waals surface area contributed by atoms with Gasteiger partial charge in [-0.3, -0.25) is 4.79 Å². The lowest BCUT2D eigenvalue weighted by atomic mass is 9.98. The van der Waals surface area contributed by atoms with Gasteiger partial charge < -0.3 is 9.64 Å². The number of piperidine rings is 1. The highest BCUT2D eigenvalue weighted by Crippen LogP contribution is 2.22. The number of hydrogen-bond acceptors (Lipinski definition) is 3. The van der Waals surface area contributed by atoms with Gasteiger partial charge in [-0.2, -0.15) is 0 Å². The highest BCUT2D eigenvalue weighted by atomic mass is 16.5. The Morgan fingerprint density at radius 3 is 2.74 bits per heavy atom. The number of benzene rings is 2. The zero-order valence-corrected chi connectivity index (χ0v) is 13.3. The molecule has 2 aromatic carbocycles. The van der Waals surface area contributed by atoms with E-state index < -0.39 is 6.04 Å². The number of rotatable bonds is 3. The maximum atomic E-state index is 12.8. The van der Waals surface area contributed by atoms with Crippen LogP contribution in [0.4, 0.5) is 0 Å². The molecule has 0 spiro atoms. The fraction of sp³-hybridized carbons (Fsp3) is 0.368. The molecule has 4 nitrogen and oxygen atoms in total. The molecule has 2 aromatic rings. The Balaban J connectivity index is 1.83. The number of fused-ring (bicyclic) bond motifs is 1. The number of hydrogen-bond donors (Lipinski definition) is 0. The van der Waals surface area contributed by atoms with Crippen molar-refractivity contribution in [2.24, 2.45) is 0 Å². The number of nitrogens with zero attached hydrogens (tertiary/aromatic N) is 1. The standard InChI is InChI=1S/C19H21NO3/c1-23-19(22)17-11-4-5-12-20(17)18(21)13-15-9-6-8-14-7-2-3-10-16(14)15/h2-3,6-10,17H,4-5,11-13H2,1H3. The van der Waals surface area contributed by atoms with Crippen LogP contribution in [0.2, 0.25) is 0 Å². The van der Waals surface area contributed by atoms with Gasteiger partial charge in [0, 0.05) is 6.54 Å². The molecule has 1 saturated heterocycles. The van der Waals surface area contributed by atoms with Crippen LogP contribution in [0, 0.1) is 0 Å². The molecule has 120 valence electrons. The second-order valence-electron chi connectivity index (χ2n) is 5.94. The fourth-order valence-electron chi connectivity index (χ4n) is 3.32. The van der Waals surface area contributed by atoms with Gasteiger partial charge in [-0.25, -0.2) is 4.79 Å². The maximum absolute atomic E-state index is 12.8. The van der Waals surface area contributed by atoms with E-state index in [2.05, 4.69) is 0 Å². The molecule has 1 amide bonds. The van der Waals surface area contributed by atoms with Crippen LogP contribution in [-0.4, -0.2) is 36.5 Å². The van der Waals surface area contributed by atoms with Crippen molar-refractivity contribution in [3.63, 3.8) is 0 Å². The zero-order chi connectivity index (χ0) is 16.2. The minimum atomic E-state index is -0.434. The maximum Gasteiger partial charge on any atom is 0.328 e. The van der Waals surface area contributed by atoms with Crippen molar-refractivity contribution in [1.82, 2.24) is 4.90 Å². The Bertz CT molecular complexity index is 720. The highest BCUT2D eigenvalue weighted by Gasteiger charge is 2.32. The van der Waals surface area contributed by atoms with Gasteiger partial charge in [0.05, 0.1) is 13.5 Å². The molecule has 1 aliphatic rings. The van der Waals surface area contributed by atoms with Crippen molar-refractivity contribution in [3.8, 4) is 0 Å². The molecule has 23 heavy (non-hydrogen) atoms. The van der Waals surface area contributed by atoms with Crippen LogP contribution >= 0.6 is 0 Å². The first-order chi connectivity index (χ1) is 11.2. The highest BCUT2D eigenvalue weighted by molar-refractivity contribution is 5.91. The molecular weight excluding hydrogens is 290 g/mol. The van der Waals surface area contributed by atoms with E-state index in [1.54, 1.807) is 4.90 Å². The molecule has 1 aliphatic heterocycles. The van der Waals surface area contributed by atoms with E-state index in [4.69, 9.17) is 4.74 Å². The Labute approximate surface area is 136 Å². The van der Waals surface area contributed by atoms with Gasteiger partial charge in [0.1, 0.15) is 6.04 Å². The van der Waals surface area contributed by atoms with Crippen LogP contribution in [0.5, 0.6) is 0 Å². The molecule has 0 saturated carbocycles. The number of likely N-dealkylation sites (tertiary alicyclic amines) is 1. The van der Waals surface area contributed by atoms with Crippen molar-refractivity contribution in [2.75, 3.05) is 13.7 Å². The van der Waals surface area contributed by atoms with Crippen molar-refractivity contribution in [1.29, 1.82) is 0 Å². The third-order valence-corrected chi connectivity index (χ3v) is 4.52. The first kappa shape index (κ1) is 15.5. The average Bonchev–Trinajstić information content (AvgIpc) is 2.61. The predicted molar refractivity (Wildman–Crippen MR) is 89.0 cm³/mol. The molecule has 1 unspecified atom stereocenters. The minimum Gasteiger partial charge on any atom is -0.467 e. The van der Waals surface area contributed by atoms with Gasteiger partial charge >= 0.3 is 5.97 Å². The summed E-state index contributed by atoms with van der Waals surface area (Å²) in [4.78, 5) is 26.4. The van der Waals surface area contributed by atoms with Gasteiger partial charge in [-0.05, 0) is 35.6 Å². The summed E-state index contributed by atoms with van der Waals surface area (Å²) >= 11 is 0. The lowest BCUT2D eigenvalue weighted by molar-refractivity contribution is -0.154. The summed E-state index contributed by atoms with van der Waals surface area (Å²) < 4.78 is 4.86. The lowest BCUT2D eigenvalue weighted by Crippen LogP contribution is -2.49. The van der Waals surface area contributed by atoms with E-state index in [0.29, 0.717) is 19.4 Å². The van der Waals surface area contributed by atoms with Crippen LogP contribution in [0.3, 0.4) is 0 Å². The van der Waals surface area contributed by atoms with Crippen LogP contribution < -0.4 is 0 Å². The minimum absolute atomic E-state index is 0.00328. The molecule has 0 N–H and O–H groups in total. The van der Waals surface area contributed by atoms with Crippen LogP contribution in [0.15, 0.2) is 42.5 Å². The smallest absolute Gasteiger partial charge is 0.328 e. The van der Waals surface area contributed by atoms with E-state index in [1.807, 2.05) is 42.5 Å². The predicted octanol–water partition coefficient (Wildman–Crippen LogP) is 2.94. The number of esters is 1. The SMILES string of the molecule is COC(=O)C1CCCCN1C(=O)Cc1cccc2ccccc12. The molecule has 4 heteroatoms. The third kappa shape index (κ3) is 3.21. The second kappa shape index (κ2) is 6.82. The molecular formula is C19H21NO3. The molecule has 0 bridgehead atoms. The van der Waals surface area contributed by atoms with Crippen LogP contribution in [0.25, 0.3) is 10.8 Å². The number of methoxy groups -OCH3 is 1. The monoisotopic (exact) mass is 311 g/mol. The quantitative estimate of drug-likeness (QED) is 0.819. The lowest BCUT2D eigenvalue weighted by Gasteiger charge is -2.34. The van der Waals surface area contributed by atoms with Gasteiger partial charge in [-0.15, -0.1) is 0 Å². The Morgan fingerprint density at radius 2 is 1.91 bits per heavy atom. The van der Waals surface area contributed by atoms with E-state index in [0.717, 1.165) is 29.2 Å². The molecule has 1 fully saturated rings. The van der Waals surface area contributed by atoms with Gasteiger partial charge in [-0.1, -0.05) is 42.5 Å². The summed E-state index contributed by atoms with van der Waals surface area (Å²) in [6, 6.07) is 13.6. The van der Waals surface area contributed by atoms with Crippen molar-refractivity contribution in [3.05, 3.63) is 48.0 Å². The van der Waals surface area contributed by atoms with Crippen LogP contribution in [-0.2, 0) is 20.7 Å². The normalized spacial score (nSPS) is 18.0. The zero-order valence-electron chi connectivity index (χ0n) is 13.3. The molecule has 0 aliphatic carbocycles. The van der Waals surface area contributed by atoms with E-state index >= 15 is 0 Å². The van der Waals surface area contributed by atoms with Crippen LogP contribution in [0.1, 0.15) is 24.8 Å². The molecule has 3 rings (SSSR count). The fourth-order valence-corrected chi connectivity index (χ4v) is 3.32. The topological polar surface area (TPSA) is 46.6 Å². The van der Waals surface area contributed by atoms with Crippen molar-refractivity contribution in [2.45, 2.75) is 31.7 Å². The summed E-state index contributed by atoms with van der Waals surface area (Å²) in [5.74, 6) is -0.313. The van der Waals surface area contributed by atoms with Gasteiger partial charge in [0.2, 0.25) is 5.91 Å². The summed E-state index contributed by atoms with van der Waals surface area (Å²) in [7, 11) is 1.38. The third-order valence-electron chi connectivity index (χ3n) is 4.52. The summed E-state index contributed by atoms with van der Waals surface area (Å²) in [6.45, 7) is 0.628. The number of carbonyl (C=O) groups is 2. The number of ether oxygens (including phenoxy) is 1. The van der Waals surface area contributed by atoms with Gasteiger partial charge in [0.15, 0.2) is 0 Å². The van der Waals surface area contributed by atoms with Crippen molar-refractivity contribution >= 4 is 22.6 Å². The molecule has 0 radical (unpaired) electrons. The van der Waals surface area contributed by atoms with E-state index in [9.17, 15) is 9.59 Å².